The van der Waals surface area contributed by atoms with Gasteiger partial charge in [-0.25, -0.2) is 0 Å². The third-order valence-corrected chi connectivity index (χ3v) is 4.60. The van der Waals surface area contributed by atoms with Crippen molar-refractivity contribution in [1.82, 2.24) is 10.2 Å². The van der Waals surface area contributed by atoms with Gasteiger partial charge in [0.05, 0.1) is 6.61 Å². The highest BCUT2D eigenvalue weighted by Gasteiger charge is 2.15. The van der Waals surface area contributed by atoms with Crippen LogP contribution < -0.4 is 10.1 Å². The van der Waals surface area contributed by atoms with Crippen LogP contribution in [0.1, 0.15) is 37.8 Å². The highest BCUT2D eigenvalue weighted by molar-refractivity contribution is 5.90. The molecule has 1 aromatic carbocycles. The Hall–Kier alpha value is -2.34. The van der Waals surface area contributed by atoms with Gasteiger partial charge in [0.1, 0.15) is 19.0 Å². The summed E-state index contributed by atoms with van der Waals surface area (Å²) in [6.07, 6.45) is 7.61. The zero-order chi connectivity index (χ0) is 18.0. The third-order valence-electron chi connectivity index (χ3n) is 4.60. The second-order valence-electron chi connectivity index (χ2n) is 6.75. The number of hydrogen-bond acceptors (Lipinski definition) is 4. The lowest BCUT2D eigenvalue weighted by atomic mass is 9.86. The molecule has 1 aliphatic carbocycles. The topological polar surface area (TPSA) is 76.2 Å². The molecule has 6 nitrogen and oxygen atoms in total. The number of nitrogens with one attached hydrogen (secondary N) is 2. The minimum Gasteiger partial charge on any atom is -0.491 e. The zero-order valence-electron chi connectivity index (χ0n) is 15.1. The Bertz CT molecular complexity index is 666. The van der Waals surface area contributed by atoms with E-state index in [1.165, 1.54) is 32.1 Å². The summed E-state index contributed by atoms with van der Waals surface area (Å²) in [4.78, 5) is 11.9. The Morgan fingerprint density at radius 1 is 1.15 bits per heavy atom. The molecule has 1 saturated carbocycles. The fourth-order valence-corrected chi connectivity index (χ4v) is 3.31. The van der Waals surface area contributed by atoms with E-state index in [-0.39, 0.29) is 12.5 Å². The van der Waals surface area contributed by atoms with E-state index < -0.39 is 0 Å². The van der Waals surface area contributed by atoms with Crippen molar-refractivity contribution >= 4 is 11.7 Å². The minimum atomic E-state index is -0.208. The van der Waals surface area contributed by atoms with E-state index in [0.29, 0.717) is 19.0 Å². The van der Waals surface area contributed by atoms with Crippen LogP contribution in [-0.2, 0) is 16.0 Å². The molecule has 3 rings (SSSR count). The molecular weight excluding hydrogens is 330 g/mol. The molecule has 0 saturated heterocycles. The fraction of sp³-hybridized carbons (Fsp3) is 0.500. The average molecular weight is 357 g/mol. The second kappa shape index (κ2) is 9.97. The van der Waals surface area contributed by atoms with Crippen molar-refractivity contribution in [2.24, 2.45) is 5.92 Å². The van der Waals surface area contributed by atoms with Gasteiger partial charge in [0.2, 0.25) is 0 Å². The van der Waals surface area contributed by atoms with Crippen molar-refractivity contribution in [3.8, 4) is 5.75 Å². The number of amides is 1. The van der Waals surface area contributed by atoms with Gasteiger partial charge in [0, 0.05) is 11.8 Å². The molecule has 1 aliphatic rings. The van der Waals surface area contributed by atoms with E-state index >= 15 is 0 Å². The van der Waals surface area contributed by atoms with E-state index in [0.717, 1.165) is 23.8 Å². The van der Waals surface area contributed by atoms with Gasteiger partial charge in [-0.1, -0.05) is 50.3 Å². The van der Waals surface area contributed by atoms with Crippen LogP contribution in [-0.4, -0.2) is 35.9 Å². The first-order valence-electron chi connectivity index (χ1n) is 9.39. The van der Waals surface area contributed by atoms with Crippen molar-refractivity contribution in [3.05, 3.63) is 42.1 Å². The summed E-state index contributed by atoms with van der Waals surface area (Å²) < 4.78 is 10.9. The van der Waals surface area contributed by atoms with Gasteiger partial charge >= 0.3 is 0 Å². The Balaban J connectivity index is 1.30. The molecule has 2 aromatic rings. The standard InChI is InChI=1S/C20H27N3O3/c24-20(15-25-11-12-26-18-9-5-2-6-10-18)21-19-14-17(22-23-19)13-16-7-3-1-4-8-16/h2,5-6,9-10,14,16H,1,3-4,7-8,11-13,15H2,(H2,21,22,23,24). The van der Waals surface area contributed by atoms with Gasteiger partial charge in [-0.05, 0) is 24.5 Å². The first-order valence-corrected chi connectivity index (χ1v) is 9.39. The minimum absolute atomic E-state index is 0.0109. The molecule has 0 bridgehead atoms. The lowest BCUT2D eigenvalue weighted by Crippen LogP contribution is -2.20. The highest BCUT2D eigenvalue weighted by Crippen LogP contribution is 2.26. The molecule has 1 heterocycles. The van der Waals surface area contributed by atoms with Crippen molar-refractivity contribution in [2.45, 2.75) is 38.5 Å². The third kappa shape index (κ3) is 6.19. The lowest BCUT2D eigenvalue weighted by molar-refractivity contribution is -0.120. The van der Waals surface area contributed by atoms with Crippen LogP contribution >= 0.6 is 0 Å². The maximum Gasteiger partial charge on any atom is 0.251 e. The summed E-state index contributed by atoms with van der Waals surface area (Å²) in [6, 6.07) is 11.4. The number of para-hydroxylation sites is 1. The number of H-pyrrole nitrogens is 1. The van der Waals surface area contributed by atoms with Crippen LogP contribution in [0.5, 0.6) is 5.75 Å². The highest BCUT2D eigenvalue weighted by atomic mass is 16.5. The number of carbonyl (C=O) groups is 1. The van der Waals surface area contributed by atoms with Crippen LogP contribution in [0.4, 0.5) is 5.82 Å². The molecular formula is C20H27N3O3. The van der Waals surface area contributed by atoms with Gasteiger partial charge in [0.25, 0.3) is 5.91 Å². The molecule has 0 radical (unpaired) electrons. The Kier molecular flexibility index (Phi) is 7.07. The number of carbonyl (C=O) groups excluding carboxylic acids is 1. The van der Waals surface area contributed by atoms with Crippen LogP contribution in [0, 0.1) is 5.92 Å². The normalized spacial score (nSPS) is 14.9. The summed E-state index contributed by atoms with van der Waals surface area (Å²) >= 11 is 0. The summed E-state index contributed by atoms with van der Waals surface area (Å²) in [6.45, 7) is 0.754. The number of rotatable bonds is 9. The largest absolute Gasteiger partial charge is 0.491 e. The quantitative estimate of drug-likeness (QED) is 0.673. The summed E-state index contributed by atoms with van der Waals surface area (Å²) in [7, 11) is 0. The zero-order valence-corrected chi connectivity index (χ0v) is 15.1. The maximum atomic E-state index is 11.9. The number of benzene rings is 1. The van der Waals surface area contributed by atoms with Gasteiger partial charge in [-0.2, -0.15) is 5.10 Å². The van der Waals surface area contributed by atoms with Crippen molar-refractivity contribution in [3.63, 3.8) is 0 Å². The van der Waals surface area contributed by atoms with E-state index in [1.807, 2.05) is 36.4 Å². The molecule has 0 aliphatic heterocycles. The molecule has 1 amide bonds. The number of hydrogen-bond donors (Lipinski definition) is 2. The van der Waals surface area contributed by atoms with E-state index in [1.54, 1.807) is 0 Å². The maximum absolute atomic E-state index is 11.9. The molecule has 6 heteroatoms. The average Bonchev–Trinajstić information content (AvgIpc) is 3.10. The van der Waals surface area contributed by atoms with E-state index in [4.69, 9.17) is 9.47 Å². The smallest absolute Gasteiger partial charge is 0.251 e. The van der Waals surface area contributed by atoms with Crippen LogP contribution in [0.15, 0.2) is 36.4 Å². The molecule has 26 heavy (non-hydrogen) atoms. The first kappa shape index (κ1) is 18.5. The molecule has 0 spiro atoms. The molecule has 0 unspecified atom stereocenters. The van der Waals surface area contributed by atoms with Crippen LogP contribution in [0.25, 0.3) is 0 Å². The van der Waals surface area contributed by atoms with Crippen molar-refractivity contribution < 1.29 is 14.3 Å². The first-order chi connectivity index (χ1) is 12.8. The van der Waals surface area contributed by atoms with Crippen molar-refractivity contribution in [1.29, 1.82) is 0 Å². The Labute approximate surface area is 154 Å². The van der Waals surface area contributed by atoms with E-state index in [2.05, 4.69) is 15.5 Å². The molecule has 1 aromatic heterocycles. The summed E-state index contributed by atoms with van der Waals surface area (Å²) in [5, 5.41) is 9.96. The number of ether oxygens (including phenoxy) is 2. The van der Waals surface area contributed by atoms with E-state index in [9.17, 15) is 4.79 Å². The number of anilines is 1. The molecule has 2 N–H and O–H groups in total. The lowest BCUT2D eigenvalue weighted by Gasteiger charge is -2.20. The molecule has 1 fully saturated rings. The SMILES string of the molecule is O=C(COCCOc1ccccc1)Nc1cc(CC2CCCCC2)[nH]n1. The monoisotopic (exact) mass is 357 g/mol. The second-order valence-corrected chi connectivity index (χ2v) is 6.75. The Morgan fingerprint density at radius 3 is 2.77 bits per heavy atom. The predicted octanol–water partition coefficient (Wildman–Crippen LogP) is 3.57. The number of nitrogens with zero attached hydrogens (tertiary/aromatic N) is 1. The summed E-state index contributed by atoms with van der Waals surface area (Å²) in [5.74, 6) is 1.88. The van der Waals surface area contributed by atoms with Gasteiger partial charge < -0.3 is 14.8 Å². The summed E-state index contributed by atoms with van der Waals surface area (Å²) in [5.41, 5.74) is 1.09. The Morgan fingerprint density at radius 2 is 1.96 bits per heavy atom. The number of aromatic amines is 1. The molecule has 140 valence electrons. The van der Waals surface area contributed by atoms with Crippen LogP contribution in [0.3, 0.4) is 0 Å². The van der Waals surface area contributed by atoms with Crippen molar-refractivity contribution in [2.75, 3.05) is 25.1 Å². The molecule has 0 atom stereocenters. The van der Waals surface area contributed by atoms with Gasteiger partial charge in [-0.15, -0.1) is 0 Å². The predicted molar refractivity (Wildman–Crippen MR) is 100 cm³/mol. The van der Waals surface area contributed by atoms with Crippen LogP contribution in [0.2, 0.25) is 0 Å². The van der Waals surface area contributed by atoms with Gasteiger partial charge in [0.15, 0.2) is 5.82 Å². The number of aromatic nitrogens is 2. The fourth-order valence-electron chi connectivity index (χ4n) is 3.31. The van der Waals surface area contributed by atoms with Gasteiger partial charge in [-0.3, -0.25) is 9.89 Å².